The highest BCUT2D eigenvalue weighted by Crippen LogP contribution is 2.36. The molecule has 6 nitrogen and oxygen atoms in total. The molecule has 0 N–H and O–H groups in total. The van der Waals surface area contributed by atoms with Crippen molar-refractivity contribution in [2.24, 2.45) is 5.92 Å². The predicted molar refractivity (Wildman–Crippen MR) is 110 cm³/mol. The maximum absolute atomic E-state index is 13.0. The standard InChI is InChI=1S/C21H21BrN2O4/c1-13-9-15(22)3-5-17(13)23(2)21(26)14-10-20(25)24(12-14)16-4-6-18-19(11-16)28-8-7-27-18/h3-6,9,11,14H,7-8,10,12H2,1-2H3. The molecular formula is C21H21BrN2O4. The quantitative estimate of drug-likeness (QED) is 0.726. The largest absolute Gasteiger partial charge is 0.486 e. The smallest absolute Gasteiger partial charge is 0.232 e. The molecule has 1 unspecified atom stereocenters. The molecule has 1 atom stereocenters. The summed E-state index contributed by atoms with van der Waals surface area (Å²) < 4.78 is 12.1. The molecule has 0 spiro atoms. The van der Waals surface area contributed by atoms with E-state index >= 15 is 0 Å². The van der Waals surface area contributed by atoms with Gasteiger partial charge in [0, 0.05) is 41.9 Å². The van der Waals surface area contributed by atoms with Crippen molar-refractivity contribution >= 4 is 39.1 Å². The highest BCUT2D eigenvalue weighted by molar-refractivity contribution is 9.10. The molecule has 1 saturated heterocycles. The number of amides is 2. The lowest BCUT2D eigenvalue weighted by Crippen LogP contribution is -2.35. The summed E-state index contributed by atoms with van der Waals surface area (Å²) in [5.74, 6) is 0.817. The molecule has 2 aliphatic rings. The molecule has 2 aliphatic heterocycles. The fraction of sp³-hybridized carbons (Fsp3) is 0.333. The zero-order valence-corrected chi connectivity index (χ0v) is 17.4. The average Bonchev–Trinajstić information content (AvgIpc) is 3.08. The van der Waals surface area contributed by atoms with Gasteiger partial charge in [0.1, 0.15) is 13.2 Å². The van der Waals surface area contributed by atoms with Gasteiger partial charge >= 0.3 is 0 Å². The number of carbonyl (C=O) groups excluding carboxylic acids is 2. The number of anilines is 2. The Morgan fingerprint density at radius 3 is 2.64 bits per heavy atom. The molecule has 7 heteroatoms. The second-order valence-electron chi connectivity index (χ2n) is 7.06. The Kier molecular flexibility index (Phi) is 5.02. The van der Waals surface area contributed by atoms with E-state index in [4.69, 9.17) is 9.47 Å². The van der Waals surface area contributed by atoms with Crippen molar-refractivity contribution in [2.75, 3.05) is 36.6 Å². The summed E-state index contributed by atoms with van der Waals surface area (Å²) in [6.07, 6.45) is 0.202. The lowest BCUT2D eigenvalue weighted by Gasteiger charge is -2.24. The Morgan fingerprint density at radius 1 is 1.14 bits per heavy atom. The van der Waals surface area contributed by atoms with E-state index in [9.17, 15) is 9.59 Å². The SMILES string of the molecule is Cc1cc(Br)ccc1N(C)C(=O)C1CC(=O)N(c2ccc3c(c2)OCCO3)C1. The van der Waals surface area contributed by atoms with Gasteiger partial charge in [-0.25, -0.2) is 0 Å². The average molecular weight is 445 g/mol. The summed E-state index contributed by atoms with van der Waals surface area (Å²) in [7, 11) is 1.76. The van der Waals surface area contributed by atoms with Crippen molar-refractivity contribution in [2.45, 2.75) is 13.3 Å². The lowest BCUT2D eigenvalue weighted by atomic mass is 10.1. The van der Waals surface area contributed by atoms with Crippen LogP contribution in [0.5, 0.6) is 11.5 Å². The lowest BCUT2D eigenvalue weighted by molar-refractivity contribution is -0.124. The molecule has 4 rings (SSSR count). The maximum atomic E-state index is 13.0. The van der Waals surface area contributed by atoms with Crippen LogP contribution in [-0.4, -0.2) is 38.6 Å². The van der Waals surface area contributed by atoms with Crippen molar-refractivity contribution in [3.05, 3.63) is 46.4 Å². The number of hydrogen-bond acceptors (Lipinski definition) is 4. The number of fused-ring (bicyclic) bond motifs is 1. The van der Waals surface area contributed by atoms with Gasteiger partial charge in [0.25, 0.3) is 0 Å². The van der Waals surface area contributed by atoms with E-state index in [1.54, 1.807) is 16.8 Å². The number of hydrogen-bond donors (Lipinski definition) is 0. The van der Waals surface area contributed by atoms with Crippen LogP contribution in [0.2, 0.25) is 0 Å². The molecule has 0 radical (unpaired) electrons. The van der Waals surface area contributed by atoms with Crippen LogP contribution in [0.1, 0.15) is 12.0 Å². The number of carbonyl (C=O) groups is 2. The summed E-state index contributed by atoms with van der Waals surface area (Å²) in [5.41, 5.74) is 2.57. The monoisotopic (exact) mass is 444 g/mol. The summed E-state index contributed by atoms with van der Waals surface area (Å²) in [6, 6.07) is 11.2. The van der Waals surface area contributed by atoms with E-state index in [1.807, 2.05) is 43.3 Å². The van der Waals surface area contributed by atoms with Gasteiger partial charge in [0.2, 0.25) is 11.8 Å². The van der Waals surface area contributed by atoms with Crippen LogP contribution in [0.3, 0.4) is 0 Å². The predicted octanol–water partition coefficient (Wildman–Crippen LogP) is 3.54. The number of aryl methyl sites for hydroxylation is 1. The van der Waals surface area contributed by atoms with Gasteiger partial charge in [-0.05, 0) is 42.8 Å². The minimum atomic E-state index is -0.381. The van der Waals surface area contributed by atoms with Crippen LogP contribution in [0, 0.1) is 12.8 Å². The molecule has 2 aromatic rings. The summed E-state index contributed by atoms with van der Waals surface area (Å²) in [4.78, 5) is 28.9. The van der Waals surface area contributed by atoms with Crippen LogP contribution in [-0.2, 0) is 9.59 Å². The minimum absolute atomic E-state index is 0.0567. The topological polar surface area (TPSA) is 59.1 Å². The summed E-state index contributed by atoms with van der Waals surface area (Å²) >= 11 is 3.44. The first-order valence-electron chi connectivity index (χ1n) is 9.18. The number of halogens is 1. The van der Waals surface area contributed by atoms with E-state index in [2.05, 4.69) is 15.9 Å². The minimum Gasteiger partial charge on any atom is -0.486 e. The van der Waals surface area contributed by atoms with E-state index in [0.29, 0.717) is 31.3 Å². The van der Waals surface area contributed by atoms with Gasteiger partial charge in [-0.15, -0.1) is 0 Å². The van der Waals surface area contributed by atoms with Crippen molar-refractivity contribution in [1.29, 1.82) is 0 Å². The third-order valence-corrected chi connectivity index (χ3v) is 5.66. The summed E-state index contributed by atoms with van der Waals surface area (Å²) in [6.45, 7) is 3.33. The maximum Gasteiger partial charge on any atom is 0.232 e. The first-order chi connectivity index (χ1) is 13.4. The number of nitrogens with zero attached hydrogens (tertiary/aromatic N) is 2. The van der Waals surface area contributed by atoms with Crippen molar-refractivity contribution in [3.8, 4) is 11.5 Å². The van der Waals surface area contributed by atoms with Crippen molar-refractivity contribution in [1.82, 2.24) is 0 Å². The molecule has 0 aromatic heterocycles. The Bertz CT molecular complexity index is 946. The number of rotatable bonds is 3. The van der Waals surface area contributed by atoms with Gasteiger partial charge in [-0.1, -0.05) is 15.9 Å². The third-order valence-electron chi connectivity index (χ3n) is 5.16. The van der Waals surface area contributed by atoms with Gasteiger partial charge in [0.05, 0.1) is 5.92 Å². The summed E-state index contributed by atoms with van der Waals surface area (Å²) in [5, 5.41) is 0. The van der Waals surface area contributed by atoms with Crippen molar-refractivity contribution < 1.29 is 19.1 Å². The van der Waals surface area contributed by atoms with E-state index in [0.717, 1.165) is 21.4 Å². The number of ether oxygens (including phenoxy) is 2. The second-order valence-corrected chi connectivity index (χ2v) is 7.98. The number of benzene rings is 2. The molecule has 2 heterocycles. The molecular weight excluding hydrogens is 424 g/mol. The molecule has 2 amide bonds. The molecule has 1 fully saturated rings. The van der Waals surface area contributed by atoms with E-state index in [1.165, 1.54) is 0 Å². The highest BCUT2D eigenvalue weighted by atomic mass is 79.9. The molecule has 28 heavy (non-hydrogen) atoms. The van der Waals surface area contributed by atoms with Crippen LogP contribution in [0.15, 0.2) is 40.9 Å². The van der Waals surface area contributed by atoms with Gasteiger partial charge < -0.3 is 19.3 Å². The Balaban J connectivity index is 1.52. The fourth-order valence-electron chi connectivity index (χ4n) is 3.71. The Hall–Kier alpha value is -2.54. The molecule has 0 bridgehead atoms. The Labute approximate surface area is 172 Å². The highest BCUT2D eigenvalue weighted by Gasteiger charge is 2.37. The van der Waals surface area contributed by atoms with E-state index < -0.39 is 0 Å². The Morgan fingerprint density at radius 2 is 1.89 bits per heavy atom. The van der Waals surface area contributed by atoms with Crippen LogP contribution >= 0.6 is 15.9 Å². The van der Waals surface area contributed by atoms with E-state index in [-0.39, 0.29) is 24.2 Å². The molecule has 2 aromatic carbocycles. The second kappa shape index (κ2) is 7.47. The molecule has 0 aliphatic carbocycles. The first kappa shape index (κ1) is 18.8. The van der Waals surface area contributed by atoms with Crippen LogP contribution < -0.4 is 19.3 Å². The normalized spacial score (nSPS) is 18.3. The van der Waals surface area contributed by atoms with Crippen LogP contribution in [0.4, 0.5) is 11.4 Å². The van der Waals surface area contributed by atoms with Crippen molar-refractivity contribution in [3.63, 3.8) is 0 Å². The zero-order valence-electron chi connectivity index (χ0n) is 15.8. The molecule has 0 saturated carbocycles. The zero-order chi connectivity index (χ0) is 19.8. The molecule has 146 valence electrons. The third kappa shape index (κ3) is 3.46. The van der Waals surface area contributed by atoms with Gasteiger partial charge in [-0.3, -0.25) is 9.59 Å². The first-order valence-corrected chi connectivity index (χ1v) is 9.97. The van der Waals surface area contributed by atoms with Crippen LogP contribution in [0.25, 0.3) is 0 Å². The van der Waals surface area contributed by atoms with Gasteiger partial charge in [-0.2, -0.15) is 0 Å². The van der Waals surface area contributed by atoms with Gasteiger partial charge in [0.15, 0.2) is 11.5 Å². The fourth-order valence-corrected chi connectivity index (χ4v) is 4.19.